The molecule has 172 valence electrons. The fourth-order valence-corrected chi connectivity index (χ4v) is 3.57. The summed E-state index contributed by atoms with van der Waals surface area (Å²) in [5.41, 5.74) is 9.97. The summed E-state index contributed by atoms with van der Waals surface area (Å²) < 4.78 is 43.6. The Morgan fingerprint density at radius 1 is 1.12 bits per heavy atom. The Morgan fingerprint density at radius 2 is 1.79 bits per heavy atom. The third-order valence-electron chi connectivity index (χ3n) is 4.87. The second-order valence-corrected chi connectivity index (χ2v) is 7.57. The van der Waals surface area contributed by atoms with E-state index in [1.54, 1.807) is 0 Å². The van der Waals surface area contributed by atoms with Gasteiger partial charge in [-0.05, 0) is 31.2 Å². The highest BCUT2D eigenvalue weighted by atomic mass is 35.5. The zero-order valence-corrected chi connectivity index (χ0v) is 18.0. The molecule has 0 saturated heterocycles. The van der Waals surface area contributed by atoms with E-state index in [0.29, 0.717) is 6.07 Å². The summed E-state index contributed by atoms with van der Waals surface area (Å²) in [6.45, 7) is 1.53. The first-order chi connectivity index (χ1) is 16.1. The molecule has 0 aliphatic heterocycles. The molecule has 0 radical (unpaired) electrons. The minimum absolute atomic E-state index is 0.0501. The van der Waals surface area contributed by atoms with Crippen LogP contribution in [-0.4, -0.2) is 19.5 Å². The van der Waals surface area contributed by atoms with Gasteiger partial charge in [0.05, 0.1) is 22.3 Å². The molecule has 4 aromatic rings. The molecule has 0 saturated carbocycles. The Bertz CT molecular complexity index is 1550. The van der Waals surface area contributed by atoms with Crippen molar-refractivity contribution in [2.75, 3.05) is 16.8 Å². The number of nitrogens with two attached hydrogens (primary N) is 2. The van der Waals surface area contributed by atoms with E-state index in [1.807, 2.05) is 6.07 Å². The number of benzene rings is 2. The Balaban J connectivity index is 2.00. The highest BCUT2D eigenvalue weighted by Crippen LogP contribution is 2.27. The molecule has 0 amide bonds. The van der Waals surface area contributed by atoms with Crippen LogP contribution in [0, 0.1) is 28.8 Å². The summed E-state index contributed by atoms with van der Waals surface area (Å²) >= 11 is 5.83. The van der Waals surface area contributed by atoms with Crippen LogP contribution in [0.1, 0.15) is 24.4 Å². The van der Waals surface area contributed by atoms with E-state index < -0.39 is 34.4 Å². The standard InChI is InChI=1S/C21H14ClF3N8O/c1-8(29-18-12(7-26)17(27)31-21(28)32-18)19-30-14-3-2-13(22)16(25)15(14)20(34)33(19)11-5-9(23)4-10(24)6-11/h2-6,8H,1H3,(H5,27,28,29,31,32). The molecule has 2 aromatic carbocycles. The average molecular weight is 487 g/mol. The van der Waals surface area contributed by atoms with Crippen molar-refractivity contribution in [3.8, 4) is 11.8 Å². The van der Waals surface area contributed by atoms with Crippen LogP contribution >= 0.6 is 11.6 Å². The second-order valence-electron chi connectivity index (χ2n) is 7.16. The van der Waals surface area contributed by atoms with E-state index in [1.165, 1.54) is 19.1 Å². The number of aromatic nitrogens is 4. The fourth-order valence-electron chi connectivity index (χ4n) is 3.42. The van der Waals surface area contributed by atoms with Gasteiger partial charge in [0.25, 0.3) is 5.56 Å². The van der Waals surface area contributed by atoms with Crippen LogP contribution < -0.4 is 22.3 Å². The molecule has 13 heteroatoms. The first-order valence-corrected chi connectivity index (χ1v) is 9.95. The van der Waals surface area contributed by atoms with Crippen molar-refractivity contribution in [2.45, 2.75) is 13.0 Å². The Labute approximate surface area is 194 Å². The predicted molar refractivity (Wildman–Crippen MR) is 120 cm³/mol. The van der Waals surface area contributed by atoms with Gasteiger partial charge in [0, 0.05) is 6.07 Å². The van der Waals surface area contributed by atoms with E-state index >= 15 is 0 Å². The zero-order valence-electron chi connectivity index (χ0n) is 17.3. The normalized spacial score (nSPS) is 11.9. The van der Waals surface area contributed by atoms with Gasteiger partial charge in [0.1, 0.15) is 40.3 Å². The molecule has 5 N–H and O–H groups in total. The SMILES string of the molecule is CC(Nc1nc(N)nc(N)c1C#N)c1nc2ccc(Cl)c(F)c2c(=O)n1-c1cc(F)cc(F)c1. The van der Waals surface area contributed by atoms with Crippen molar-refractivity contribution in [1.82, 2.24) is 19.5 Å². The minimum Gasteiger partial charge on any atom is -0.382 e. The quantitative estimate of drug-likeness (QED) is 0.397. The van der Waals surface area contributed by atoms with Gasteiger partial charge in [0.2, 0.25) is 5.95 Å². The molecule has 2 heterocycles. The first kappa shape index (κ1) is 22.8. The molecule has 0 aliphatic carbocycles. The van der Waals surface area contributed by atoms with Crippen LogP contribution in [0.5, 0.6) is 0 Å². The molecule has 0 aliphatic rings. The molecular formula is C21H14ClF3N8O. The van der Waals surface area contributed by atoms with Gasteiger partial charge in [-0.2, -0.15) is 15.2 Å². The zero-order chi connectivity index (χ0) is 24.7. The lowest BCUT2D eigenvalue weighted by Gasteiger charge is -2.21. The number of hydrogen-bond acceptors (Lipinski definition) is 8. The van der Waals surface area contributed by atoms with E-state index in [9.17, 15) is 23.2 Å². The van der Waals surface area contributed by atoms with E-state index in [4.69, 9.17) is 23.1 Å². The van der Waals surface area contributed by atoms with Crippen LogP contribution in [-0.2, 0) is 0 Å². The minimum atomic E-state index is -1.03. The largest absolute Gasteiger partial charge is 0.382 e. The lowest BCUT2D eigenvalue weighted by Crippen LogP contribution is -2.28. The smallest absolute Gasteiger partial charge is 0.269 e. The summed E-state index contributed by atoms with van der Waals surface area (Å²) in [4.78, 5) is 25.4. The third kappa shape index (κ3) is 3.93. The van der Waals surface area contributed by atoms with Gasteiger partial charge in [-0.15, -0.1) is 0 Å². The van der Waals surface area contributed by atoms with Gasteiger partial charge < -0.3 is 16.8 Å². The lowest BCUT2D eigenvalue weighted by atomic mass is 10.2. The summed E-state index contributed by atoms with van der Waals surface area (Å²) in [7, 11) is 0. The van der Waals surface area contributed by atoms with Gasteiger partial charge in [0.15, 0.2) is 11.6 Å². The summed E-state index contributed by atoms with van der Waals surface area (Å²) in [6.07, 6.45) is 0. The molecule has 0 bridgehead atoms. The number of nitrogens with zero attached hydrogens (tertiary/aromatic N) is 5. The van der Waals surface area contributed by atoms with Gasteiger partial charge >= 0.3 is 0 Å². The molecule has 0 spiro atoms. The van der Waals surface area contributed by atoms with E-state index in [-0.39, 0.29) is 45.2 Å². The number of nitrogen functional groups attached to an aromatic ring is 2. The number of nitriles is 1. The van der Waals surface area contributed by atoms with Crippen molar-refractivity contribution >= 4 is 40.1 Å². The molecule has 9 nitrogen and oxygen atoms in total. The van der Waals surface area contributed by atoms with Gasteiger partial charge in [-0.25, -0.2) is 18.2 Å². The molecule has 0 fully saturated rings. The van der Waals surface area contributed by atoms with Gasteiger partial charge in [-0.3, -0.25) is 9.36 Å². The molecule has 1 atom stereocenters. The maximum absolute atomic E-state index is 14.8. The molecule has 4 rings (SSSR count). The number of anilines is 3. The predicted octanol–water partition coefficient (Wildman–Crippen LogP) is 3.46. The highest BCUT2D eigenvalue weighted by molar-refractivity contribution is 6.31. The van der Waals surface area contributed by atoms with E-state index in [0.717, 1.165) is 16.7 Å². The Kier molecular flexibility index (Phi) is 5.72. The summed E-state index contributed by atoms with van der Waals surface area (Å²) in [5.74, 6) is -3.52. The molecular weight excluding hydrogens is 473 g/mol. The number of fused-ring (bicyclic) bond motifs is 1. The number of halogens is 4. The van der Waals surface area contributed by atoms with Crippen LogP contribution in [0.3, 0.4) is 0 Å². The Hall–Kier alpha value is -4.37. The molecule has 2 aromatic heterocycles. The van der Waals surface area contributed by atoms with Crippen molar-refractivity contribution in [3.63, 3.8) is 0 Å². The topological polar surface area (TPSA) is 149 Å². The third-order valence-corrected chi connectivity index (χ3v) is 5.16. The van der Waals surface area contributed by atoms with Crippen LogP contribution in [0.25, 0.3) is 16.6 Å². The lowest BCUT2D eigenvalue weighted by molar-refractivity contribution is 0.579. The summed E-state index contributed by atoms with van der Waals surface area (Å²) in [6, 6.07) is 5.86. The van der Waals surface area contributed by atoms with Crippen LogP contribution in [0.4, 0.5) is 30.8 Å². The van der Waals surface area contributed by atoms with Crippen molar-refractivity contribution < 1.29 is 13.2 Å². The fraction of sp³-hybridized carbons (Fsp3) is 0.0952. The highest BCUT2D eigenvalue weighted by Gasteiger charge is 2.23. The van der Waals surface area contributed by atoms with E-state index in [2.05, 4.69) is 20.3 Å². The second kappa shape index (κ2) is 8.53. The average Bonchev–Trinajstić information content (AvgIpc) is 2.75. The number of rotatable bonds is 4. The number of hydrogen-bond donors (Lipinski definition) is 3. The number of nitrogens with one attached hydrogen (secondary N) is 1. The monoisotopic (exact) mass is 486 g/mol. The van der Waals surface area contributed by atoms with Crippen molar-refractivity contribution in [3.05, 3.63) is 74.5 Å². The van der Waals surface area contributed by atoms with Crippen LogP contribution in [0.15, 0.2) is 35.1 Å². The Morgan fingerprint density at radius 3 is 2.44 bits per heavy atom. The van der Waals surface area contributed by atoms with Gasteiger partial charge in [-0.1, -0.05) is 11.6 Å². The first-order valence-electron chi connectivity index (χ1n) is 9.57. The van der Waals surface area contributed by atoms with Crippen molar-refractivity contribution in [1.29, 1.82) is 5.26 Å². The maximum atomic E-state index is 14.8. The maximum Gasteiger partial charge on any atom is 0.269 e. The van der Waals surface area contributed by atoms with Crippen LogP contribution in [0.2, 0.25) is 5.02 Å². The van der Waals surface area contributed by atoms with Crippen molar-refractivity contribution in [2.24, 2.45) is 0 Å². The molecule has 1 unspecified atom stereocenters. The summed E-state index contributed by atoms with van der Waals surface area (Å²) in [5, 5.41) is 11.5. The molecule has 34 heavy (non-hydrogen) atoms.